The zero-order valence-electron chi connectivity index (χ0n) is 10.4. The molecule has 0 spiro atoms. The fraction of sp³-hybridized carbons (Fsp3) is 0.917. The predicted molar refractivity (Wildman–Crippen MR) is 66.5 cm³/mol. The Morgan fingerprint density at radius 1 is 1.25 bits per heavy atom. The largest absolute Gasteiger partial charge is 0.480 e. The Balaban J connectivity index is 3.56. The van der Waals surface area contributed by atoms with E-state index in [1.807, 2.05) is 0 Å². The number of hydrogen-bond acceptors (Lipinski definition) is 3. The maximum atomic E-state index is 10.9. The van der Waals surface area contributed by atoms with E-state index in [1.54, 1.807) is 0 Å². The Morgan fingerprint density at radius 3 is 2.56 bits per heavy atom. The van der Waals surface area contributed by atoms with Gasteiger partial charge in [-0.05, 0) is 32.4 Å². The van der Waals surface area contributed by atoms with Gasteiger partial charge in [-0.25, -0.2) is 0 Å². The Morgan fingerprint density at radius 2 is 2.00 bits per heavy atom. The number of carboxylic acid groups (broad SMARTS) is 1. The van der Waals surface area contributed by atoms with E-state index in [9.17, 15) is 4.79 Å². The number of unbranched alkanes of at least 4 members (excludes halogenated alkanes) is 4. The van der Waals surface area contributed by atoms with Crippen LogP contribution in [0.2, 0.25) is 0 Å². The number of aliphatic carboxylic acids is 1. The van der Waals surface area contributed by atoms with E-state index >= 15 is 0 Å². The van der Waals surface area contributed by atoms with Crippen molar-refractivity contribution in [3.05, 3.63) is 0 Å². The number of carbonyl (C=O) groups is 1. The minimum atomic E-state index is -0.743. The Hall–Kier alpha value is -0.610. The number of hydrogen-bond donors (Lipinski definition) is 3. The molecule has 16 heavy (non-hydrogen) atoms. The van der Waals surface area contributed by atoms with E-state index in [4.69, 9.17) is 10.8 Å². The number of nitrogens with two attached hydrogens (primary N) is 1. The van der Waals surface area contributed by atoms with Gasteiger partial charge >= 0.3 is 5.97 Å². The van der Waals surface area contributed by atoms with Gasteiger partial charge in [0.25, 0.3) is 0 Å². The molecule has 0 saturated carbocycles. The number of rotatable bonds is 11. The van der Waals surface area contributed by atoms with E-state index in [2.05, 4.69) is 12.2 Å². The molecule has 0 aromatic heterocycles. The molecule has 0 aromatic carbocycles. The average Bonchev–Trinajstić information content (AvgIpc) is 2.26. The van der Waals surface area contributed by atoms with Gasteiger partial charge in [-0.1, -0.05) is 32.6 Å². The maximum Gasteiger partial charge on any atom is 0.320 e. The first kappa shape index (κ1) is 15.4. The molecule has 4 nitrogen and oxygen atoms in total. The molecule has 1 atom stereocenters. The van der Waals surface area contributed by atoms with Gasteiger partial charge < -0.3 is 16.2 Å². The molecule has 0 unspecified atom stereocenters. The molecule has 0 bridgehead atoms. The topological polar surface area (TPSA) is 75.3 Å². The van der Waals surface area contributed by atoms with E-state index in [1.165, 1.54) is 19.3 Å². The number of nitrogens with one attached hydrogen (secondary N) is 1. The van der Waals surface area contributed by atoms with Crippen LogP contribution in [-0.2, 0) is 4.79 Å². The smallest absolute Gasteiger partial charge is 0.320 e. The third kappa shape index (κ3) is 8.68. The predicted octanol–water partition coefficient (Wildman–Crippen LogP) is 1.74. The van der Waals surface area contributed by atoms with Crippen molar-refractivity contribution in [3.63, 3.8) is 0 Å². The summed E-state index contributed by atoms with van der Waals surface area (Å²) < 4.78 is 0. The van der Waals surface area contributed by atoms with Crippen molar-refractivity contribution in [1.29, 1.82) is 0 Å². The standard InChI is InChI=1S/C12H26N2O2/c1-2-3-4-7-10-14-11(12(15)16)8-5-6-9-13/h11,14H,2-10,13H2,1H3,(H,15,16)/t11-/m0/s1. The quantitative estimate of drug-likeness (QED) is 0.473. The fourth-order valence-electron chi connectivity index (χ4n) is 1.63. The van der Waals surface area contributed by atoms with E-state index < -0.39 is 12.0 Å². The van der Waals surface area contributed by atoms with Crippen LogP contribution in [0.1, 0.15) is 51.9 Å². The molecular formula is C12H26N2O2. The summed E-state index contributed by atoms with van der Waals surface area (Å²) in [6, 6.07) is -0.395. The summed E-state index contributed by atoms with van der Waals surface area (Å²) in [6.07, 6.45) is 7.15. The van der Waals surface area contributed by atoms with Gasteiger partial charge in [0.1, 0.15) is 6.04 Å². The molecule has 0 aliphatic heterocycles. The first-order chi connectivity index (χ1) is 7.72. The Bertz CT molecular complexity index is 174. The van der Waals surface area contributed by atoms with Crippen molar-refractivity contribution in [3.8, 4) is 0 Å². The highest BCUT2D eigenvalue weighted by Crippen LogP contribution is 2.02. The van der Waals surface area contributed by atoms with Gasteiger partial charge in [0.05, 0.1) is 0 Å². The van der Waals surface area contributed by atoms with Crippen LogP contribution in [0.3, 0.4) is 0 Å². The molecule has 96 valence electrons. The first-order valence-corrected chi connectivity index (χ1v) is 6.38. The lowest BCUT2D eigenvalue weighted by molar-refractivity contribution is -0.139. The van der Waals surface area contributed by atoms with Crippen LogP contribution in [0, 0.1) is 0 Å². The molecule has 0 aliphatic rings. The normalized spacial score (nSPS) is 12.6. The summed E-state index contributed by atoms with van der Waals surface area (Å²) in [7, 11) is 0. The monoisotopic (exact) mass is 230 g/mol. The molecule has 0 fully saturated rings. The van der Waals surface area contributed by atoms with Crippen molar-refractivity contribution >= 4 is 5.97 Å². The van der Waals surface area contributed by atoms with Gasteiger partial charge in [0.2, 0.25) is 0 Å². The van der Waals surface area contributed by atoms with Crippen LogP contribution in [0.25, 0.3) is 0 Å². The van der Waals surface area contributed by atoms with E-state index in [0.29, 0.717) is 13.0 Å². The summed E-state index contributed by atoms with van der Waals surface area (Å²) in [5, 5.41) is 12.1. The van der Waals surface area contributed by atoms with Crippen molar-refractivity contribution in [2.24, 2.45) is 5.73 Å². The molecule has 0 aliphatic carbocycles. The molecule has 4 N–H and O–H groups in total. The molecule has 0 radical (unpaired) electrons. The lowest BCUT2D eigenvalue weighted by atomic mass is 10.1. The summed E-state index contributed by atoms with van der Waals surface area (Å²) in [4.78, 5) is 10.9. The minimum absolute atomic E-state index is 0.395. The SMILES string of the molecule is CCCCCCN[C@@H](CCCCN)C(=O)O. The highest BCUT2D eigenvalue weighted by molar-refractivity contribution is 5.73. The van der Waals surface area contributed by atoms with E-state index in [0.717, 1.165) is 25.8 Å². The second-order valence-corrected chi connectivity index (χ2v) is 4.19. The first-order valence-electron chi connectivity index (χ1n) is 6.38. The second kappa shape index (κ2) is 10.9. The van der Waals surface area contributed by atoms with Crippen LogP contribution < -0.4 is 11.1 Å². The van der Waals surface area contributed by atoms with Gasteiger partial charge in [0.15, 0.2) is 0 Å². The third-order valence-corrected chi connectivity index (χ3v) is 2.67. The Labute approximate surface area is 98.6 Å². The molecule has 0 saturated heterocycles. The third-order valence-electron chi connectivity index (χ3n) is 2.67. The van der Waals surface area contributed by atoms with Crippen LogP contribution in [-0.4, -0.2) is 30.2 Å². The summed E-state index contributed by atoms with van der Waals surface area (Å²) in [6.45, 7) is 3.61. The van der Waals surface area contributed by atoms with Crippen LogP contribution >= 0.6 is 0 Å². The van der Waals surface area contributed by atoms with Crippen molar-refractivity contribution in [2.75, 3.05) is 13.1 Å². The summed E-state index contributed by atoms with van der Waals surface area (Å²) in [5.41, 5.74) is 5.38. The fourth-order valence-corrected chi connectivity index (χ4v) is 1.63. The van der Waals surface area contributed by atoms with Crippen LogP contribution in [0.15, 0.2) is 0 Å². The lowest BCUT2D eigenvalue weighted by Gasteiger charge is -2.13. The molecule has 4 heteroatoms. The van der Waals surface area contributed by atoms with Crippen molar-refractivity contribution < 1.29 is 9.90 Å². The highest BCUT2D eigenvalue weighted by atomic mass is 16.4. The van der Waals surface area contributed by atoms with Crippen molar-refractivity contribution in [1.82, 2.24) is 5.32 Å². The highest BCUT2D eigenvalue weighted by Gasteiger charge is 2.15. The van der Waals surface area contributed by atoms with Crippen LogP contribution in [0.4, 0.5) is 0 Å². The second-order valence-electron chi connectivity index (χ2n) is 4.19. The number of carboxylic acids is 1. The minimum Gasteiger partial charge on any atom is -0.480 e. The van der Waals surface area contributed by atoms with E-state index in [-0.39, 0.29) is 0 Å². The van der Waals surface area contributed by atoms with Crippen molar-refractivity contribution in [2.45, 2.75) is 57.9 Å². The zero-order chi connectivity index (χ0) is 12.2. The van der Waals surface area contributed by atoms with Gasteiger partial charge in [-0.3, -0.25) is 4.79 Å². The molecular weight excluding hydrogens is 204 g/mol. The molecule has 0 heterocycles. The lowest BCUT2D eigenvalue weighted by Crippen LogP contribution is -2.37. The van der Waals surface area contributed by atoms with Crippen LogP contribution in [0.5, 0.6) is 0 Å². The Kier molecular flexibility index (Phi) is 10.5. The summed E-state index contributed by atoms with van der Waals surface area (Å²) in [5.74, 6) is -0.743. The maximum absolute atomic E-state index is 10.9. The van der Waals surface area contributed by atoms with Gasteiger partial charge in [-0.15, -0.1) is 0 Å². The van der Waals surface area contributed by atoms with Gasteiger partial charge in [-0.2, -0.15) is 0 Å². The average molecular weight is 230 g/mol. The summed E-state index contributed by atoms with van der Waals surface area (Å²) >= 11 is 0. The molecule has 0 aromatic rings. The zero-order valence-corrected chi connectivity index (χ0v) is 10.4. The van der Waals surface area contributed by atoms with Gasteiger partial charge in [0, 0.05) is 0 Å². The molecule has 0 rings (SSSR count). The molecule has 0 amide bonds.